The largest absolute Gasteiger partial charge is 0.437 e. The lowest BCUT2D eigenvalue weighted by Gasteiger charge is -2.07. The van der Waals surface area contributed by atoms with Gasteiger partial charge < -0.3 is 10.1 Å². The van der Waals surface area contributed by atoms with Crippen molar-refractivity contribution >= 4 is 11.6 Å². The summed E-state index contributed by atoms with van der Waals surface area (Å²) in [6.07, 6.45) is 3.33. The van der Waals surface area contributed by atoms with Crippen LogP contribution in [0.5, 0.6) is 11.6 Å². The third-order valence-corrected chi connectivity index (χ3v) is 3.63. The number of ether oxygens (including phenoxy) is 1. The first-order valence-electron chi connectivity index (χ1n) is 8.13. The average Bonchev–Trinajstić information content (AvgIpc) is 3.24. The second kappa shape index (κ2) is 7.44. The van der Waals surface area contributed by atoms with Crippen molar-refractivity contribution < 1.29 is 9.53 Å². The zero-order valence-electron chi connectivity index (χ0n) is 14.1. The van der Waals surface area contributed by atoms with Crippen molar-refractivity contribution in [2.24, 2.45) is 0 Å². The smallest absolute Gasteiger partial charge is 0.276 e. The summed E-state index contributed by atoms with van der Waals surface area (Å²) in [4.78, 5) is 12.2. The van der Waals surface area contributed by atoms with E-state index in [9.17, 15) is 4.79 Å². The normalized spacial score (nSPS) is 10.4. The maximum absolute atomic E-state index is 12.2. The van der Waals surface area contributed by atoms with Crippen molar-refractivity contribution in [3.8, 4) is 17.3 Å². The molecule has 0 bridgehead atoms. The van der Waals surface area contributed by atoms with Crippen molar-refractivity contribution in [3.05, 3.63) is 84.8 Å². The minimum atomic E-state index is -0.339. The molecule has 0 spiro atoms. The zero-order valence-corrected chi connectivity index (χ0v) is 14.1. The molecule has 2 heterocycles. The van der Waals surface area contributed by atoms with Gasteiger partial charge in [-0.3, -0.25) is 4.79 Å². The highest BCUT2D eigenvalue weighted by molar-refractivity contribution is 6.02. The van der Waals surface area contributed by atoms with Gasteiger partial charge in [0.2, 0.25) is 5.88 Å². The van der Waals surface area contributed by atoms with E-state index in [2.05, 4.69) is 25.8 Å². The summed E-state index contributed by atoms with van der Waals surface area (Å²) in [5.41, 5.74) is 1.69. The molecule has 0 saturated carbocycles. The van der Waals surface area contributed by atoms with Crippen molar-refractivity contribution in [1.29, 1.82) is 0 Å². The quantitative estimate of drug-likeness (QED) is 0.589. The number of hydrogen-bond donors (Lipinski definition) is 1. The number of amides is 1. The van der Waals surface area contributed by atoms with E-state index in [0.29, 0.717) is 11.4 Å². The van der Waals surface area contributed by atoms with E-state index in [4.69, 9.17) is 4.74 Å². The molecule has 8 heteroatoms. The fourth-order valence-corrected chi connectivity index (χ4v) is 2.37. The maximum Gasteiger partial charge on any atom is 0.276 e. The lowest BCUT2D eigenvalue weighted by Crippen LogP contribution is -2.14. The van der Waals surface area contributed by atoms with E-state index in [1.165, 1.54) is 0 Å². The summed E-state index contributed by atoms with van der Waals surface area (Å²) in [7, 11) is 0. The van der Waals surface area contributed by atoms with E-state index in [1.54, 1.807) is 53.5 Å². The molecule has 8 nitrogen and oxygen atoms in total. The Labute approximate surface area is 154 Å². The van der Waals surface area contributed by atoms with Crippen LogP contribution < -0.4 is 10.1 Å². The van der Waals surface area contributed by atoms with Gasteiger partial charge in [-0.2, -0.15) is 0 Å². The summed E-state index contributed by atoms with van der Waals surface area (Å²) in [5.74, 6) is 0.509. The monoisotopic (exact) mass is 358 g/mol. The first-order chi connectivity index (χ1) is 13.3. The highest BCUT2D eigenvalue weighted by atomic mass is 16.5. The summed E-state index contributed by atoms with van der Waals surface area (Å²) in [6, 6.07) is 19.6. The van der Waals surface area contributed by atoms with Crippen LogP contribution in [0.25, 0.3) is 5.69 Å². The van der Waals surface area contributed by atoms with Gasteiger partial charge in [0.15, 0.2) is 5.69 Å². The summed E-state index contributed by atoms with van der Waals surface area (Å²) in [5, 5.41) is 18.4. The molecule has 0 aliphatic rings. The Morgan fingerprint density at radius 3 is 2.59 bits per heavy atom. The van der Waals surface area contributed by atoms with E-state index in [0.717, 1.165) is 5.69 Å². The van der Waals surface area contributed by atoms with Gasteiger partial charge in [-0.15, -0.1) is 15.3 Å². The molecular weight excluding hydrogens is 344 g/mol. The summed E-state index contributed by atoms with van der Waals surface area (Å²) >= 11 is 0. The molecule has 0 aliphatic carbocycles. The molecule has 2 aromatic heterocycles. The third kappa shape index (κ3) is 3.96. The molecular formula is C19H14N6O2. The summed E-state index contributed by atoms with van der Waals surface area (Å²) < 4.78 is 7.32. The molecule has 4 rings (SSSR count). The Kier molecular flexibility index (Phi) is 4.52. The predicted octanol–water partition coefficient (Wildman–Crippen LogP) is 3.10. The summed E-state index contributed by atoms with van der Waals surface area (Å²) in [6.45, 7) is 0. The van der Waals surface area contributed by atoms with Crippen LogP contribution in [0.4, 0.5) is 5.69 Å². The Balaban J connectivity index is 1.45. The van der Waals surface area contributed by atoms with Gasteiger partial charge in [0.25, 0.3) is 5.91 Å². The molecule has 0 fully saturated rings. The molecule has 132 valence electrons. The molecule has 27 heavy (non-hydrogen) atoms. The second-order valence-corrected chi connectivity index (χ2v) is 5.52. The maximum atomic E-state index is 12.2. The Morgan fingerprint density at radius 2 is 1.85 bits per heavy atom. The lowest BCUT2D eigenvalue weighted by atomic mass is 10.3. The number of nitrogens with one attached hydrogen (secondary N) is 1. The molecule has 0 saturated heterocycles. The van der Waals surface area contributed by atoms with E-state index in [1.807, 2.05) is 30.3 Å². The molecule has 2 aromatic carbocycles. The highest BCUT2D eigenvalue weighted by Crippen LogP contribution is 2.21. The van der Waals surface area contributed by atoms with Gasteiger partial charge in [-0.25, -0.2) is 4.68 Å². The average molecular weight is 358 g/mol. The van der Waals surface area contributed by atoms with Crippen LogP contribution in [0, 0.1) is 0 Å². The predicted molar refractivity (Wildman–Crippen MR) is 97.9 cm³/mol. The van der Waals surface area contributed by atoms with Crippen molar-refractivity contribution in [2.75, 3.05) is 5.32 Å². The van der Waals surface area contributed by atoms with Gasteiger partial charge in [0, 0.05) is 17.8 Å². The first-order valence-corrected chi connectivity index (χ1v) is 8.13. The molecule has 1 amide bonds. The number of anilines is 1. The number of rotatable bonds is 5. The van der Waals surface area contributed by atoms with Crippen LogP contribution in [0.15, 0.2) is 79.1 Å². The minimum absolute atomic E-state index is 0.197. The zero-order chi connectivity index (χ0) is 18.5. The van der Waals surface area contributed by atoms with Crippen LogP contribution in [0.3, 0.4) is 0 Å². The molecule has 0 aliphatic heterocycles. The number of nitrogens with zero attached hydrogens (tertiary/aromatic N) is 5. The number of carbonyl (C=O) groups excluding carboxylic acids is 1. The van der Waals surface area contributed by atoms with E-state index >= 15 is 0 Å². The van der Waals surface area contributed by atoms with Gasteiger partial charge in [0.05, 0.1) is 18.1 Å². The molecule has 0 unspecified atom stereocenters. The van der Waals surface area contributed by atoms with Gasteiger partial charge in [-0.05, 0) is 30.3 Å². The van der Waals surface area contributed by atoms with Crippen LogP contribution in [0.1, 0.15) is 10.5 Å². The number of aromatic nitrogens is 5. The first kappa shape index (κ1) is 16.4. The third-order valence-electron chi connectivity index (χ3n) is 3.63. The Hall–Kier alpha value is -4.07. The van der Waals surface area contributed by atoms with Crippen LogP contribution in [-0.2, 0) is 0 Å². The Bertz CT molecular complexity index is 1030. The van der Waals surface area contributed by atoms with Gasteiger partial charge in [-0.1, -0.05) is 29.5 Å². The van der Waals surface area contributed by atoms with Crippen LogP contribution in [-0.4, -0.2) is 31.1 Å². The lowest BCUT2D eigenvalue weighted by molar-refractivity contribution is 0.102. The number of para-hydroxylation sites is 1. The fraction of sp³-hybridized carbons (Fsp3) is 0. The van der Waals surface area contributed by atoms with Gasteiger partial charge in [0.1, 0.15) is 5.75 Å². The minimum Gasteiger partial charge on any atom is -0.437 e. The fourth-order valence-electron chi connectivity index (χ4n) is 2.37. The topological polar surface area (TPSA) is 94.8 Å². The van der Waals surface area contributed by atoms with Crippen LogP contribution >= 0.6 is 0 Å². The Morgan fingerprint density at radius 1 is 0.963 bits per heavy atom. The SMILES string of the molecule is O=C(Nc1ccccc1)c1ccc(Oc2cccc(-n3ccnn3)c2)nn1. The number of benzene rings is 2. The van der Waals surface area contributed by atoms with E-state index < -0.39 is 0 Å². The van der Waals surface area contributed by atoms with Crippen molar-refractivity contribution in [3.63, 3.8) is 0 Å². The van der Waals surface area contributed by atoms with E-state index in [-0.39, 0.29) is 17.5 Å². The molecule has 1 N–H and O–H groups in total. The standard InChI is InChI=1S/C19H14N6O2/c26-19(21-14-5-2-1-3-6-14)17-9-10-18(23-22-17)27-16-8-4-7-15(13-16)25-12-11-20-24-25/h1-13H,(H,21,26). The molecule has 4 aromatic rings. The second-order valence-electron chi connectivity index (χ2n) is 5.52. The number of hydrogen-bond acceptors (Lipinski definition) is 6. The molecule has 0 radical (unpaired) electrons. The van der Waals surface area contributed by atoms with Crippen LogP contribution in [0.2, 0.25) is 0 Å². The van der Waals surface area contributed by atoms with Gasteiger partial charge >= 0.3 is 0 Å². The van der Waals surface area contributed by atoms with Crippen molar-refractivity contribution in [1.82, 2.24) is 25.2 Å². The van der Waals surface area contributed by atoms with Crippen molar-refractivity contribution in [2.45, 2.75) is 0 Å². The number of carbonyl (C=O) groups is 1. The molecule has 0 atom stereocenters. The highest BCUT2D eigenvalue weighted by Gasteiger charge is 2.09.